The molecule has 2 rings (SSSR count). The lowest BCUT2D eigenvalue weighted by Crippen LogP contribution is -2.50. The lowest BCUT2D eigenvalue weighted by atomic mass is 10.2. The fourth-order valence-electron chi connectivity index (χ4n) is 2.05. The number of nitrogens with one attached hydrogen (secondary N) is 1. The van der Waals surface area contributed by atoms with Gasteiger partial charge in [0.1, 0.15) is 0 Å². The van der Waals surface area contributed by atoms with Gasteiger partial charge in [-0.15, -0.1) is 0 Å². The van der Waals surface area contributed by atoms with Crippen molar-refractivity contribution >= 4 is 33.4 Å². The van der Waals surface area contributed by atoms with Crippen molar-refractivity contribution in [3.63, 3.8) is 0 Å². The summed E-state index contributed by atoms with van der Waals surface area (Å²) >= 11 is 11.8. The Bertz CT molecular complexity index is 574. The molecule has 1 aromatic carbocycles. The Balaban J connectivity index is 2.09. The summed E-state index contributed by atoms with van der Waals surface area (Å²) in [5.41, 5.74) is 0.806. The molecule has 0 saturated carbocycles. The van der Waals surface area contributed by atoms with Crippen molar-refractivity contribution in [3.05, 3.63) is 33.8 Å². The maximum Gasteiger partial charge on any atom is 0.282 e. The standard InChI is InChI=1S/C12H17Cl2N3O2S/c1-16(9-10-2-3-11(13)12(14)8-10)20(18,19)17-6-4-15-5-7-17/h2-3,8,15H,4-7,9H2,1H3. The van der Waals surface area contributed by atoms with Gasteiger partial charge in [-0.1, -0.05) is 29.3 Å². The number of piperazine rings is 1. The van der Waals surface area contributed by atoms with E-state index >= 15 is 0 Å². The third-order valence-corrected chi connectivity index (χ3v) is 5.86. The van der Waals surface area contributed by atoms with E-state index < -0.39 is 10.2 Å². The molecule has 1 N–H and O–H groups in total. The van der Waals surface area contributed by atoms with E-state index in [1.807, 2.05) is 0 Å². The van der Waals surface area contributed by atoms with Crippen molar-refractivity contribution in [1.82, 2.24) is 13.9 Å². The van der Waals surface area contributed by atoms with E-state index in [1.54, 1.807) is 25.2 Å². The normalized spacial score (nSPS) is 17.6. The van der Waals surface area contributed by atoms with Crippen LogP contribution in [0.15, 0.2) is 18.2 Å². The molecular weight excluding hydrogens is 321 g/mol. The van der Waals surface area contributed by atoms with Crippen LogP contribution < -0.4 is 5.32 Å². The van der Waals surface area contributed by atoms with Gasteiger partial charge in [0.15, 0.2) is 0 Å². The molecule has 1 aliphatic rings. The van der Waals surface area contributed by atoms with Crippen LogP contribution in [0.2, 0.25) is 10.0 Å². The third-order valence-electron chi connectivity index (χ3n) is 3.19. The smallest absolute Gasteiger partial charge is 0.282 e. The molecule has 0 atom stereocenters. The minimum absolute atomic E-state index is 0.267. The minimum Gasteiger partial charge on any atom is -0.314 e. The maximum absolute atomic E-state index is 12.4. The summed E-state index contributed by atoms with van der Waals surface area (Å²) in [6, 6.07) is 5.14. The van der Waals surface area contributed by atoms with Gasteiger partial charge >= 0.3 is 0 Å². The van der Waals surface area contributed by atoms with Gasteiger partial charge in [0.2, 0.25) is 0 Å². The zero-order valence-corrected chi connectivity index (χ0v) is 13.5. The van der Waals surface area contributed by atoms with Gasteiger partial charge in [-0.3, -0.25) is 0 Å². The first-order valence-corrected chi connectivity index (χ1v) is 8.42. The maximum atomic E-state index is 12.4. The molecule has 0 spiro atoms. The average molecular weight is 338 g/mol. The van der Waals surface area contributed by atoms with Crippen molar-refractivity contribution in [2.75, 3.05) is 33.2 Å². The Hall–Kier alpha value is -0.370. The van der Waals surface area contributed by atoms with Gasteiger partial charge in [-0.2, -0.15) is 17.0 Å². The molecule has 0 radical (unpaired) electrons. The molecule has 20 heavy (non-hydrogen) atoms. The molecule has 0 bridgehead atoms. The number of halogens is 2. The van der Waals surface area contributed by atoms with E-state index in [-0.39, 0.29) is 6.54 Å². The number of hydrogen-bond acceptors (Lipinski definition) is 3. The molecule has 112 valence electrons. The van der Waals surface area contributed by atoms with Gasteiger partial charge in [-0.05, 0) is 17.7 Å². The van der Waals surface area contributed by atoms with E-state index in [0.29, 0.717) is 36.2 Å². The van der Waals surface area contributed by atoms with Crippen LogP contribution in [0.5, 0.6) is 0 Å². The van der Waals surface area contributed by atoms with Gasteiger partial charge in [-0.25, -0.2) is 0 Å². The van der Waals surface area contributed by atoms with Gasteiger partial charge in [0.25, 0.3) is 10.2 Å². The summed E-state index contributed by atoms with van der Waals surface area (Å²) in [4.78, 5) is 0. The largest absolute Gasteiger partial charge is 0.314 e. The molecule has 0 aliphatic carbocycles. The summed E-state index contributed by atoms with van der Waals surface area (Å²) in [5, 5.41) is 4.02. The molecule has 0 unspecified atom stereocenters. The SMILES string of the molecule is CN(Cc1ccc(Cl)c(Cl)c1)S(=O)(=O)N1CCNCC1. The summed E-state index contributed by atoms with van der Waals surface area (Å²) in [6.45, 7) is 2.62. The van der Waals surface area contributed by atoms with Crippen molar-refractivity contribution in [1.29, 1.82) is 0 Å². The Morgan fingerprint density at radius 3 is 2.50 bits per heavy atom. The molecule has 1 saturated heterocycles. The zero-order chi connectivity index (χ0) is 14.8. The summed E-state index contributed by atoms with van der Waals surface area (Å²) < 4.78 is 27.6. The van der Waals surface area contributed by atoms with Gasteiger partial charge in [0, 0.05) is 39.8 Å². The van der Waals surface area contributed by atoms with E-state index in [0.717, 1.165) is 5.56 Å². The van der Waals surface area contributed by atoms with Crippen molar-refractivity contribution in [2.24, 2.45) is 0 Å². The monoisotopic (exact) mass is 337 g/mol. The molecule has 8 heteroatoms. The van der Waals surface area contributed by atoms with Crippen LogP contribution in [0.25, 0.3) is 0 Å². The molecular formula is C12H17Cl2N3O2S. The quantitative estimate of drug-likeness (QED) is 0.907. The van der Waals surface area contributed by atoms with Crippen LogP contribution >= 0.6 is 23.2 Å². The summed E-state index contributed by atoms with van der Waals surface area (Å²) in [6.07, 6.45) is 0. The fourth-order valence-corrected chi connectivity index (χ4v) is 3.72. The Labute approximate surface area is 129 Å². The molecule has 0 amide bonds. The highest BCUT2D eigenvalue weighted by molar-refractivity contribution is 7.86. The van der Waals surface area contributed by atoms with Crippen molar-refractivity contribution in [3.8, 4) is 0 Å². The second-order valence-electron chi connectivity index (χ2n) is 4.66. The first-order valence-electron chi connectivity index (χ1n) is 6.27. The number of nitrogens with zero attached hydrogens (tertiary/aromatic N) is 2. The van der Waals surface area contributed by atoms with Gasteiger partial charge in [0.05, 0.1) is 10.0 Å². The molecule has 1 fully saturated rings. The van der Waals surface area contributed by atoms with Crippen LogP contribution in [0.1, 0.15) is 5.56 Å². The summed E-state index contributed by atoms with van der Waals surface area (Å²) in [5.74, 6) is 0. The van der Waals surface area contributed by atoms with Crippen LogP contribution in [-0.2, 0) is 16.8 Å². The van der Waals surface area contributed by atoms with Crippen LogP contribution in [0.3, 0.4) is 0 Å². The van der Waals surface area contributed by atoms with Gasteiger partial charge < -0.3 is 5.32 Å². The highest BCUT2D eigenvalue weighted by Gasteiger charge is 2.28. The molecule has 1 aromatic rings. The van der Waals surface area contributed by atoms with Crippen LogP contribution in [0.4, 0.5) is 0 Å². The molecule has 1 heterocycles. The predicted octanol–water partition coefficient (Wildman–Crippen LogP) is 1.58. The second-order valence-corrected chi connectivity index (χ2v) is 7.51. The first-order chi connectivity index (χ1) is 9.41. The second kappa shape index (κ2) is 6.60. The number of benzene rings is 1. The first kappa shape index (κ1) is 16.0. The van der Waals surface area contributed by atoms with Crippen LogP contribution in [0, 0.1) is 0 Å². The Kier molecular flexibility index (Phi) is 5.28. The van der Waals surface area contributed by atoms with E-state index in [9.17, 15) is 8.42 Å². The fraction of sp³-hybridized carbons (Fsp3) is 0.500. The van der Waals surface area contributed by atoms with Crippen molar-refractivity contribution in [2.45, 2.75) is 6.54 Å². The zero-order valence-electron chi connectivity index (χ0n) is 11.1. The highest BCUT2D eigenvalue weighted by atomic mass is 35.5. The molecule has 1 aliphatic heterocycles. The Morgan fingerprint density at radius 2 is 1.90 bits per heavy atom. The van der Waals surface area contributed by atoms with E-state index in [2.05, 4.69) is 5.32 Å². The minimum atomic E-state index is -3.43. The highest BCUT2D eigenvalue weighted by Crippen LogP contribution is 2.23. The lowest BCUT2D eigenvalue weighted by Gasteiger charge is -2.30. The Morgan fingerprint density at radius 1 is 1.25 bits per heavy atom. The molecule has 5 nitrogen and oxygen atoms in total. The average Bonchev–Trinajstić information content (AvgIpc) is 2.44. The van der Waals surface area contributed by atoms with E-state index in [1.165, 1.54) is 8.61 Å². The van der Waals surface area contributed by atoms with Crippen molar-refractivity contribution < 1.29 is 8.42 Å². The number of hydrogen-bond donors (Lipinski definition) is 1. The number of rotatable bonds is 4. The predicted molar refractivity (Wildman–Crippen MR) is 81.3 cm³/mol. The summed E-state index contributed by atoms with van der Waals surface area (Å²) in [7, 11) is -1.86. The van der Waals surface area contributed by atoms with E-state index in [4.69, 9.17) is 23.2 Å². The third kappa shape index (κ3) is 3.63. The molecule has 0 aromatic heterocycles. The van der Waals surface area contributed by atoms with Crippen LogP contribution in [-0.4, -0.2) is 50.3 Å². The topological polar surface area (TPSA) is 52.7 Å². The lowest BCUT2D eigenvalue weighted by molar-refractivity contribution is 0.324.